The average molecular weight is 855 g/mol. The van der Waals surface area contributed by atoms with Gasteiger partial charge in [0.15, 0.2) is 11.5 Å². The Morgan fingerprint density at radius 3 is 2.38 bits per heavy atom. The van der Waals surface area contributed by atoms with Gasteiger partial charge in [-0.1, -0.05) is 18.2 Å². The second-order valence-electron chi connectivity index (χ2n) is 17.5. The number of amides is 2. The summed E-state index contributed by atoms with van der Waals surface area (Å²) in [5.74, 6) is 0.630. The molecule has 0 aliphatic carbocycles. The van der Waals surface area contributed by atoms with Crippen molar-refractivity contribution in [2.24, 2.45) is 13.0 Å². The molecule has 1 unspecified atom stereocenters. The minimum absolute atomic E-state index is 0.213. The Kier molecular flexibility index (Phi) is 11.0. The van der Waals surface area contributed by atoms with E-state index in [2.05, 4.69) is 67.0 Å². The smallest absolute Gasteiger partial charge is 0.329 e. The second kappa shape index (κ2) is 16.6. The number of imide groups is 1. The number of aryl methyl sites for hydroxylation is 2. The Morgan fingerprint density at radius 1 is 0.921 bits per heavy atom. The predicted octanol–water partition coefficient (Wildman–Crippen LogP) is 4.11. The van der Waals surface area contributed by atoms with Gasteiger partial charge in [0.25, 0.3) is 5.56 Å². The molecule has 0 bridgehead atoms. The number of nitrogens with one attached hydrogen (secondary N) is 2. The average Bonchev–Trinajstić information content (AvgIpc) is 3.68. The van der Waals surface area contributed by atoms with Crippen molar-refractivity contribution in [2.45, 2.75) is 64.6 Å². The lowest BCUT2D eigenvalue weighted by Gasteiger charge is -2.40. The number of rotatable bonds is 11. The van der Waals surface area contributed by atoms with Crippen molar-refractivity contribution in [3.8, 4) is 5.82 Å². The van der Waals surface area contributed by atoms with E-state index in [0.717, 1.165) is 86.6 Å². The quantitative estimate of drug-likeness (QED) is 0.126. The minimum Gasteiger partial charge on any atom is -0.384 e. The van der Waals surface area contributed by atoms with Gasteiger partial charge in [-0.2, -0.15) is 4.98 Å². The lowest BCUT2D eigenvalue weighted by atomic mass is 9.95. The lowest BCUT2D eigenvalue weighted by molar-refractivity contribution is -0.135. The molecular weight excluding hydrogens is 801 g/mol. The number of aromatic nitrogens is 7. The van der Waals surface area contributed by atoms with Crippen LogP contribution in [0, 0.1) is 12.8 Å². The highest BCUT2D eigenvalue weighted by atomic mass is 16.3. The van der Waals surface area contributed by atoms with Crippen molar-refractivity contribution in [1.82, 2.24) is 43.7 Å². The number of imidazole rings is 1. The van der Waals surface area contributed by atoms with Crippen LogP contribution in [0.15, 0.2) is 83.0 Å². The third kappa shape index (κ3) is 7.90. The standard InChI is InChI=1S/C46H54N12O5/c1-6-19-56-43(61)32-27-47-44(51-41(32)58(56)38-12-8-11-37(49-38)46(3,4)63)48-31-13-14-33(29(2)26-31)55-24-22-53(23-25-55)28-30-17-20-54(21-18-30)34-9-7-10-35-40(34)52(5)45(62)57(35)36-15-16-39(59)50-42(36)60/h6-14,26-27,30,36,63H,1,15-25,28H2,2-5H3,(H,47,48,51)(H,50,59,60). The number of piperazine rings is 1. The highest BCUT2D eigenvalue weighted by Crippen LogP contribution is 2.33. The Morgan fingerprint density at radius 2 is 1.67 bits per heavy atom. The number of hydrogen-bond acceptors (Lipinski definition) is 12. The van der Waals surface area contributed by atoms with Crippen LogP contribution in [0.4, 0.5) is 23.0 Å². The number of carbonyl (C=O) groups is 2. The largest absolute Gasteiger partial charge is 0.384 e. The summed E-state index contributed by atoms with van der Waals surface area (Å²) >= 11 is 0. The zero-order chi connectivity index (χ0) is 44.2. The molecule has 328 valence electrons. The molecule has 2 amide bonds. The van der Waals surface area contributed by atoms with Crippen LogP contribution in [-0.4, -0.2) is 101 Å². The molecule has 0 saturated carbocycles. The number of piperidine rings is 2. The Labute approximate surface area is 364 Å². The number of allylic oxidation sites excluding steroid dienone is 1. The van der Waals surface area contributed by atoms with Crippen molar-refractivity contribution in [2.75, 3.05) is 60.9 Å². The Balaban J connectivity index is 0.824. The number of hydrogen-bond donors (Lipinski definition) is 3. The molecule has 3 fully saturated rings. The normalized spacial score (nSPS) is 18.1. The number of anilines is 4. The van der Waals surface area contributed by atoms with Crippen LogP contribution in [-0.2, 0) is 28.8 Å². The van der Waals surface area contributed by atoms with Crippen LogP contribution >= 0.6 is 0 Å². The Hall–Kier alpha value is -6.59. The molecule has 9 rings (SSSR count). The van der Waals surface area contributed by atoms with E-state index in [4.69, 9.17) is 4.98 Å². The van der Waals surface area contributed by atoms with Gasteiger partial charge in [-0.25, -0.2) is 24.1 Å². The number of fused-ring (bicyclic) bond motifs is 2. The van der Waals surface area contributed by atoms with E-state index in [1.54, 1.807) is 59.0 Å². The van der Waals surface area contributed by atoms with Crippen LogP contribution in [0.3, 0.4) is 0 Å². The van der Waals surface area contributed by atoms with E-state index >= 15 is 0 Å². The van der Waals surface area contributed by atoms with Gasteiger partial charge in [0.1, 0.15) is 17.0 Å². The molecule has 3 aliphatic rings. The van der Waals surface area contributed by atoms with Crippen LogP contribution in [0.2, 0.25) is 0 Å². The van der Waals surface area contributed by atoms with Crippen LogP contribution in [0.5, 0.6) is 0 Å². The zero-order valence-corrected chi connectivity index (χ0v) is 36.3. The molecule has 7 heterocycles. The highest BCUT2D eigenvalue weighted by molar-refractivity contribution is 6.00. The van der Waals surface area contributed by atoms with Gasteiger partial charge in [0.2, 0.25) is 17.8 Å². The van der Waals surface area contributed by atoms with Gasteiger partial charge in [-0.3, -0.25) is 33.7 Å². The van der Waals surface area contributed by atoms with Crippen molar-refractivity contribution in [1.29, 1.82) is 0 Å². The molecule has 3 aliphatic heterocycles. The van der Waals surface area contributed by atoms with Crippen molar-refractivity contribution in [3.63, 3.8) is 0 Å². The first kappa shape index (κ1) is 41.7. The highest BCUT2D eigenvalue weighted by Gasteiger charge is 2.33. The third-order valence-electron chi connectivity index (χ3n) is 12.8. The summed E-state index contributed by atoms with van der Waals surface area (Å²) in [6, 6.07) is 16.8. The summed E-state index contributed by atoms with van der Waals surface area (Å²) in [6.45, 7) is 16.1. The number of carbonyl (C=O) groups excluding carboxylic acids is 2. The first-order valence-electron chi connectivity index (χ1n) is 21.7. The SMILES string of the molecule is C=CCn1c(=O)c2cnc(Nc3ccc(N4CCN(CC5CCN(c6cccc7c6n(C)c(=O)n7C6CCC(=O)NC6=O)CC5)CC4)c(C)c3)nc2n1-c1cccc(C(C)(C)O)n1. The molecule has 0 radical (unpaired) electrons. The molecule has 6 aromatic rings. The maximum Gasteiger partial charge on any atom is 0.329 e. The van der Waals surface area contributed by atoms with Gasteiger partial charge in [-0.05, 0) is 94.0 Å². The first-order chi connectivity index (χ1) is 30.3. The van der Waals surface area contributed by atoms with Gasteiger partial charge >= 0.3 is 5.69 Å². The van der Waals surface area contributed by atoms with Crippen molar-refractivity contribution in [3.05, 3.63) is 106 Å². The van der Waals surface area contributed by atoms with Crippen LogP contribution < -0.4 is 31.7 Å². The van der Waals surface area contributed by atoms with Crippen molar-refractivity contribution < 1.29 is 14.7 Å². The van der Waals surface area contributed by atoms with Crippen LogP contribution in [0.1, 0.15) is 56.8 Å². The second-order valence-corrected chi connectivity index (χ2v) is 17.5. The predicted molar refractivity (Wildman–Crippen MR) is 243 cm³/mol. The molecule has 17 nitrogen and oxygen atoms in total. The number of benzene rings is 2. The molecule has 1 atom stereocenters. The van der Waals surface area contributed by atoms with Crippen LogP contribution in [0.25, 0.3) is 27.9 Å². The Bertz CT molecular complexity index is 2870. The summed E-state index contributed by atoms with van der Waals surface area (Å²) in [6.07, 6.45) is 5.80. The summed E-state index contributed by atoms with van der Waals surface area (Å²) in [5.41, 5.74) is 4.85. The maximum absolute atomic E-state index is 13.5. The maximum atomic E-state index is 13.5. The topological polar surface area (TPSA) is 181 Å². The molecule has 0 spiro atoms. The molecule has 17 heteroatoms. The number of aliphatic hydroxyl groups is 1. The van der Waals surface area contributed by atoms with E-state index < -0.39 is 17.6 Å². The molecule has 3 saturated heterocycles. The van der Waals surface area contributed by atoms with E-state index in [1.807, 2.05) is 18.2 Å². The molecule has 63 heavy (non-hydrogen) atoms. The molecular formula is C46H54N12O5. The van der Waals surface area contributed by atoms with Gasteiger partial charge < -0.3 is 20.2 Å². The van der Waals surface area contributed by atoms with E-state index in [-0.39, 0.29) is 30.1 Å². The minimum atomic E-state index is -1.18. The fourth-order valence-electron chi connectivity index (χ4n) is 9.50. The summed E-state index contributed by atoms with van der Waals surface area (Å²) < 4.78 is 6.36. The van der Waals surface area contributed by atoms with Gasteiger partial charge in [0, 0.05) is 76.9 Å². The van der Waals surface area contributed by atoms with Gasteiger partial charge in [0.05, 0.1) is 29.0 Å². The lowest BCUT2D eigenvalue weighted by Crippen LogP contribution is -2.49. The number of nitrogens with zero attached hydrogens (tertiary/aromatic N) is 10. The number of pyridine rings is 1. The monoisotopic (exact) mass is 854 g/mol. The van der Waals surface area contributed by atoms with E-state index in [0.29, 0.717) is 40.8 Å². The van der Waals surface area contributed by atoms with Crippen molar-refractivity contribution >= 4 is 56.9 Å². The van der Waals surface area contributed by atoms with E-state index in [1.165, 1.54) is 16.6 Å². The third-order valence-corrected chi connectivity index (χ3v) is 12.8. The van der Waals surface area contributed by atoms with Gasteiger partial charge in [-0.15, -0.1) is 6.58 Å². The molecule has 3 N–H and O–H groups in total. The first-order valence-corrected chi connectivity index (χ1v) is 21.7. The zero-order valence-electron chi connectivity index (χ0n) is 36.3. The summed E-state index contributed by atoms with van der Waals surface area (Å²) in [7, 11) is 1.76. The number of para-hydroxylation sites is 1. The fraction of sp³-hybridized carbons (Fsp3) is 0.413. The summed E-state index contributed by atoms with van der Waals surface area (Å²) in [4.78, 5) is 72.9. The molecule has 4 aromatic heterocycles. The molecule has 2 aromatic carbocycles. The fourth-order valence-corrected chi connectivity index (χ4v) is 9.50. The van der Waals surface area contributed by atoms with E-state index in [9.17, 15) is 24.3 Å². The summed E-state index contributed by atoms with van der Waals surface area (Å²) in [5, 5.41) is 16.7.